The Bertz CT molecular complexity index is 384. The van der Waals surface area contributed by atoms with Crippen molar-refractivity contribution in [2.45, 2.75) is 71.9 Å². The zero-order valence-corrected chi connectivity index (χ0v) is 12.9. The Hall–Kier alpha value is -1.13. The Kier molecular flexibility index (Phi) is 6.96. The normalized spacial score (nSPS) is 26.2. The lowest BCUT2D eigenvalue weighted by atomic mass is 9.94. The summed E-state index contributed by atoms with van der Waals surface area (Å²) < 4.78 is 11.2. The van der Waals surface area contributed by atoms with Gasteiger partial charge in [-0.25, -0.2) is 4.79 Å². The Balaban J connectivity index is 2.65. The van der Waals surface area contributed by atoms with Crippen molar-refractivity contribution >= 4 is 5.97 Å². The number of carbonyl (C=O) groups is 1. The maximum atomic E-state index is 11.8. The molecule has 0 aromatic rings. The van der Waals surface area contributed by atoms with Crippen LogP contribution in [0.1, 0.15) is 53.4 Å². The number of hydrogen-bond acceptors (Lipinski definition) is 4. The van der Waals surface area contributed by atoms with Gasteiger partial charge in [-0.1, -0.05) is 18.6 Å². The standard InChI is InChI=1S/C16H26O4/c1-5-11(3)15(17)19-13-9-7-8-10-14(13)20-16(18)12(4)6-2/h5-6,13-15,17H,7-10H2,1-4H3/b11-5+,12-6+. The van der Waals surface area contributed by atoms with Crippen molar-refractivity contribution in [2.24, 2.45) is 0 Å². The van der Waals surface area contributed by atoms with Crippen molar-refractivity contribution < 1.29 is 19.4 Å². The third-order valence-corrected chi connectivity index (χ3v) is 3.80. The van der Waals surface area contributed by atoms with E-state index in [1.165, 1.54) is 0 Å². The lowest BCUT2D eigenvalue weighted by Gasteiger charge is -2.32. The van der Waals surface area contributed by atoms with E-state index >= 15 is 0 Å². The van der Waals surface area contributed by atoms with Gasteiger partial charge in [-0.2, -0.15) is 0 Å². The highest BCUT2D eigenvalue weighted by atomic mass is 16.6. The quantitative estimate of drug-likeness (QED) is 0.364. The molecule has 1 rings (SSSR count). The molecule has 1 saturated carbocycles. The second-order valence-electron chi connectivity index (χ2n) is 5.26. The lowest BCUT2D eigenvalue weighted by molar-refractivity contribution is -0.179. The number of aliphatic hydroxyl groups is 1. The van der Waals surface area contributed by atoms with E-state index in [0.717, 1.165) is 31.3 Å². The van der Waals surface area contributed by atoms with Crippen molar-refractivity contribution in [3.05, 3.63) is 23.3 Å². The number of ether oxygens (including phenoxy) is 2. The largest absolute Gasteiger partial charge is 0.456 e. The van der Waals surface area contributed by atoms with Gasteiger partial charge in [0.1, 0.15) is 6.10 Å². The van der Waals surface area contributed by atoms with Crippen molar-refractivity contribution in [3.63, 3.8) is 0 Å². The molecule has 0 amide bonds. The van der Waals surface area contributed by atoms with Crippen LogP contribution >= 0.6 is 0 Å². The van der Waals surface area contributed by atoms with Crippen molar-refractivity contribution in [1.29, 1.82) is 0 Å². The van der Waals surface area contributed by atoms with E-state index in [4.69, 9.17) is 9.47 Å². The number of esters is 1. The van der Waals surface area contributed by atoms with E-state index in [1.54, 1.807) is 13.0 Å². The average Bonchev–Trinajstić information content (AvgIpc) is 2.47. The van der Waals surface area contributed by atoms with Crippen LogP contribution in [0.15, 0.2) is 23.3 Å². The minimum absolute atomic E-state index is 0.234. The molecule has 0 bridgehead atoms. The third kappa shape index (κ3) is 4.76. The summed E-state index contributed by atoms with van der Waals surface area (Å²) in [6.45, 7) is 7.22. The summed E-state index contributed by atoms with van der Waals surface area (Å²) >= 11 is 0. The van der Waals surface area contributed by atoms with Crippen LogP contribution in [0.4, 0.5) is 0 Å². The Morgan fingerprint density at radius 2 is 1.75 bits per heavy atom. The van der Waals surface area contributed by atoms with E-state index in [1.807, 2.05) is 26.8 Å². The molecule has 4 heteroatoms. The number of hydrogen-bond donors (Lipinski definition) is 1. The molecule has 1 fully saturated rings. The lowest BCUT2D eigenvalue weighted by Crippen LogP contribution is -2.39. The van der Waals surface area contributed by atoms with Crippen LogP contribution in [0.3, 0.4) is 0 Å². The average molecular weight is 282 g/mol. The first-order chi connectivity index (χ1) is 9.49. The molecule has 20 heavy (non-hydrogen) atoms. The molecular weight excluding hydrogens is 256 g/mol. The van der Waals surface area contributed by atoms with Gasteiger partial charge in [0, 0.05) is 5.57 Å². The summed E-state index contributed by atoms with van der Waals surface area (Å²) in [6, 6.07) is 0. The van der Waals surface area contributed by atoms with Gasteiger partial charge in [0.05, 0.1) is 6.10 Å². The molecule has 0 saturated heterocycles. The topological polar surface area (TPSA) is 55.8 Å². The summed E-state index contributed by atoms with van der Waals surface area (Å²) in [5, 5.41) is 9.93. The predicted molar refractivity (Wildman–Crippen MR) is 78.1 cm³/mol. The summed E-state index contributed by atoms with van der Waals surface area (Å²) in [5.41, 5.74) is 1.37. The van der Waals surface area contributed by atoms with Gasteiger partial charge >= 0.3 is 5.97 Å². The second kappa shape index (κ2) is 8.22. The van der Waals surface area contributed by atoms with Gasteiger partial charge in [-0.15, -0.1) is 0 Å². The van der Waals surface area contributed by atoms with Gasteiger partial charge in [-0.3, -0.25) is 0 Å². The summed E-state index contributed by atoms with van der Waals surface area (Å²) in [6.07, 6.45) is 5.77. The van der Waals surface area contributed by atoms with Gasteiger partial charge in [0.2, 0.25) is 0 Å². The van der Waals surface area contributed by atoms with Crippen LogP contribution in [0.2, 0.25) is 0 Å². The fourth-order valence-electron chi connectivity index (χ4n) is 2.12. The molecule has 114 valence electrons. The molecule has 1 aliphatic rings. The molecule has 1 aliphatic carbocycles. The molecule has 1 N–H and O–H groups in total. The third-order valence-electron chi connectivity index (χ3n) is 3.80. The van der Waals surface area contributed by atoms with Gasteiger partial charge in [-0.05, 0) is 52.5 Å². The molecule has 0 spiro atoms. The SMILES string of the molecule is C/C=C(\C)C(=O)OC1CCCCC1OC(O)/C(C)=C/C. The van der Waals surface area contributed by atoms with E-state index in [-0.39, 0.29) is 18.2 Å². The van der Waals surface area contributed by atoms with Crippen molar-refractivity contribution in [1.82, 2.24) is 0 Å². The van der Waals surface area contributed by atoms with Crippen molar-refractivity contribution in [3.8, 4) is 0 Å². The molecule has 0 aliphatic heterocycles. The first-order valence-electron chi connectivity index (χ1n) is 7.29. The van der Waals surface area contributed by atoms with Gasteiger partial charge in [0.15, 0.2) is 6.29 Å². The molecule has 4 nitrogen and oxygen atoms in total. The highest BCUT2D eigenvalue weighted by Crippen LogP contribution is 2.26. The zero-order chi connectivity index (χ0) is 15.1. The van der Waals surface area contributed by atoms with Crippen LogP contribution in [-0.2, 0) is 14.3 Å². The van der Waals surface area contributed by atoms with Crippen LogP contribution in [0.25, 0.3) is 0 Å². The Morgan fingerprint density at radius 1 is 1.15 bits per heavy atom. The molecule has 0 aromatic heterocycles. The molecule has 0 heterocycles. The minimum Gasteiger partial charge on any atom is -0.456 e. The maximum Gasteiger partial charge on any atom is 0.333 e. The van der Waals surface area contributed by atoms with Gasteiger partial charge < -0.3 is 14.6 Å². The first kappa shape index (κ1) is 16.9. The Morgan fingerprint density at radius 3 is 2.30 bits per heavy atom. The second-order valence-corrected chi connectivity index (χ2v) is 5.26. The maximum absolute atomic E-state index is 11.8. The molecule has 0 aromatic carbocycles. The number of carbonyl (C=O) groups excluding carboxylic acids is 1. The first-order valence-corrected chi connectivity index (χ1v) is 7.29. The number of aliphatic hydroxyl groups excluding tert-OH is 1. The molecule has 0 radical (unpaired) electrons. The van der Waals surface area contributed by atoms with Crippen LogP contribution in [0, 0.1) is 0 Å². The summed E-state index contributed by atoms with van der Waals surface area (Å²) in [4.78, 5) is 11.8. The van der Waals surface area contributed by atoms with Crippen LogP contribution in [0.5, 0.6) is 0 Å². The zero-order valence-electron chi connectivity index (χ0n) is 12.9. The highest BCUT2D eigenvalue weighted by molar-refractivity contribution is 5.87. The minimum atomic E-state index is -0.924. The fourth-order valence-corrected chi connectivity index (χ4v) is 2.12. The van der Waals surface area contributed by atoms with E-state index in [0.29, 0.717) is 5.57 Å². The van der Waals surface area contributed by atoms with E-state index in [2.05, 4.69) is 0 Å². The summed E-state index contributed by atoms with van der Waals surface area (Å²) in [7, 11) is 0. The van der Waals surface area contributed by atoms with E-state index in [9.17, 15) is 9.90 Å². The smallest absolute Gasteiger partial charge is 0.333 e. The fraction of sp³-hybridized carbons (Fsp3) is 0.688. The number of rotatable bonds is 5. The Labute approximate surface area is 121 Å². The summed E-state index contributed by atoms with van der Waals surface area (Å²) in [5.74, 6) is -0.301. The van der Waals surface area contributed by atoms with Crippen LogP contribution < -0.4 is 0 Å². The van der Waals surface area contributed by atoms with Gasteiger partial charge in [0.25, 0.3) is 0 Å². The molecule has 3 unspecified atom stereocenters. The molecular formula is C16H26O4. The molecule has 3 atom stereocenters. The number of allylic oxidation sites excluding steroid dienone is 2. The van der Waals surface area contributed by atoms with Crippen LogP contribution in [-0.4, -0.2) is 29.6 Å². The highest BCUT2D eigenvalue weighted by Gasteiger charge is 2.31. The predicted octanol–water partition coefficient (Wildman–Crippen LogP) is 3.11. The monoisotopic (exact) mass is 282 g/mol. The van der Waals surface area contributed by atoms with Crippen molar-refractivity contribution in [2.75, 3.05) is 0 Å². The van der Waals surface area contributed by atoms with E-state index < -0.39 is 6.29 Å².